The molecule has 4 nitrogen and oxygen atoms in total. The lowest BCUT2D eigenvalue weighted by Gasteiger charge is -2.05. The summed E-state index contributed by atoms with van der Waals surface area (Å²) < 4.78 is 0. The summed E-state index contributed by atoms with van der Waals surface area (Å²) in [7, 11) is 0. The van der Waals surface area contributed by atoms with E-state index in [1.165, 1.54) is 6.07 Å². The number of hydrogen-bond acceptors (Lipinski definition) is 3. The van der Waals surface area contributed by atoms with E-state index in [1.54, 1.807) is 12.1 Å². The average Bonchev–Trinajstić information content (AvgIpc) is 2.15. The molecule has 0 saturated heterocycles. The highest BCUT2D eigenvalue weighted by Gasteiger charge is 2.14. The molecule has 82 valence electrons. The van der Waals surface area contributed by atoms with Crippen LogP contribution in [0.4, 0.5) is 5.69 Å². The molecule has 0 amide bonds. The van der Waals surface area contributed by atoms with Crippen molar-refractivity contribution in [1.82, 2.24) is 0 Å². The van der Waals surface area contributed by atoms with Crippen molar-refractivity contribution in [3.05, 3.63) is 38.9 Å². The van der Waals surface area contributed by atoms with E-state index in [1.807, 2.05) is 6.92 Å². The summed E-state index contributed by atoms with van der Waals surface area (Å²) in [6.45, 7) is 1.88. The summed E-state index contributed by atoms with van der Waals surface area (Å²) in [5, 5.41) is 11.1. The molecule has 0 aromatic heterocycles. The van der Waals surface area contributed by atoms with E-state index < -0.39 is 4.92 Å². The number of nitrogens with zero attached hydrogens (tertiary/aromatic N) is 1. The molecule has 0 aliphatic rings. The lowest BCUT2D eigenvalue weighted by Crippen LogP contribution is -2.15. The van der Waals surface area contributed by atoms with Crippen LogP contribution in [0.15, 0.2) is 18.2 Å². The zero-order valence-electron chi connectivity index (χ0n) is 8.44. The Bertz CT molecular complexity index is 366. The van der Waals surface area contributed by atoms with Gasteiger partial charge in [0, 0.05) is 22.7 Å². The second-order valence-electron chi connectivity index (χ2n) is 3.55. The predicted molar refractivity (Wildman–Crippen MR) is 60.1 cm³/mol. The minimum absolute atomic E-state index is 0.0419. The van der Waals surface area contributed by atoms with Crippen LogP contribution in [0.5, 0.6) is 0 Å². The van der Waals surface area contributed by atoms with Crippen molar-refractivity contribution in [2.24, 2.45) is 5.73 Å². The van der Waals surface area contributed by atoms with Crippen LogP contribution in [0.25, 0.3) is 0 Å². The van der Waals surface area contributed by atoms with Crippen molar-refractivity contribution in [2.45, 2.75) is 25.8 Å². The molecule has 1 rings (SSSR count). The molecule has 15 heavy (non-hydrogen) atoms. The third-order valence-electron chi connectivity index (χ3n) is 2.11. The maximum atomic E-state index is 10.7. The summed E-state index contributed by atoms with van der Waals surface area (Å²) in [5.41, 5.74) is 6.35. The molecule has 1 unspecified atom stereocenters. The monoisotopic (exact) mass is 228 g/mol. The fourth-order valence-electron chi connectivity index (χ4n) is 1.30. The third-order valence-corrected chi connectivity index (χ3v) is 2.35. The number of nitrogens with two attached hydrogens (primary N) is 1. The first-order valence-electron chi connectivity index (χ1n) is 4.69. The third kappa shape index (κ3) is 3.49. The zero-order chi connectivity index (χ0) is 11.4. The van der Waals surface area contributed by atoms with Gasteiger partial charge in [0.15, 0.2) is 0 Å². The summed E-state index contributed by atoms with van der Waals surface area (Å²) in [5.74, 6) is 0. The molecule has 0 bridgehead atoms. The Balaban J connectivity index is 2.91. The van der Waals surface area contributed by atoms with Gasteiger partial charge in [-0.05, 0) is 25.8 Å². The Kier molecular flexibility index (Phi) is 4.05. The first-order valence-corrected chi connectivity index (χ1v) is 5.07. The summed E-state index contributed by atoms with van der Waals surface area (Å²) in [4.78, 5) is 10.3. The second kappa shape index (κ2) is 5.09. The van der Waals surface area contributed by atoms with E-state index in [-0.39, 0.29) is 11.7 Å². The topological polar surface area (TPSA) is 69.2 Å². The highest BCUT2D eigenvalue weighted by atomic mass is 35.5. The van der Waals surface area contributed by atoms with Gasteiger partial charge >= 0.3 is 0 Å². The Morgan fingerprint density at radius 1 is 1.60 bits per heavy atom. The molecule has 0 fully saturated rings. The van der Waals surface area contributed by atoms with E-state index in [4.69, 9.17) is 17.3 Å². The fraction of sp³-hybridized carbons (Fsp3) is 0.400. The fourth-order valence-corrected chi connectivity index (χ4v) is 1.47. The summed E-state index contributed by atoms with van der Waals surface area (Å²) >= 11 is 5.69. The van der Waals surface area contributed by atoms with E-state index in [9.17, 15) is 10.1 Å². The van der Waals surface area contributed by atoms with Crippen LogP contribution in [0, 0.1) is 10.1 Å². The van der Waals surface area contributed by atoms with Gasteiger partial charge in [0.2, 0.25) is 0 Å². The smallest absolute Gasteiger partial charge is 0.274 e. The lowest BCUT2D eigenvalue weighted by molar-refractivity contribution is -0.385. The molecule has 0 aliphatic carbocycles. The average molecular weight is 229 g/mol. The van der Waals surface area contributed by atoms with Crippen molar-refractivity contribution in [1.29, 1.82) is 0 Å². The second-order valence-corrected chi connectivity index (χ2v) is 3.98. The van der Waals surface area contributed by atoms with Crippen LogP contribution < -0.4 is 5.73 Å². The van der Waals surface area contributed by atoms with Gasteiger partial charge < -0.3 is 5.73 Å². The van der Waals surface area contributed by atoms with Gasteiger partial charge in [0.25, 0.3) is 5.69 Å². The number of hydrogen-bond donors (Lipinski definition) is 1. The Morgan fingerprint density at radius 3 is 2.80 bits per heavy atom. The first kappa shape index (κ1) is 11.9. The van der Waals surface area contributed by atoms with Crippen molar-refractivity contribution in [3.63, 3.8) is 0 Å². The van der Waals surface area contributed by atoms with E-state index >= 15 is 0 Å². The highest BCUT2D eigenvalue weighted by Crippen LogP contribution is 2.24. The molecule has 0 radical (unpaired) electrons. The molecule has 0 heterocycles. The van der Waals surface area contributed by atoms with Crippen LogP contribution in [0.1, 0.15) is 18.9 Å². The maximum Gasteiger partial charge on any atom is 0.274 e. The maximum absolute atomic E-state index is 10.7. The molecule has 2 N–H and O–H groups in total. The molecule has 1 atom stereocenters. The number of nitro groups is 1. The molecule has 1 aromatic rings. The van der Waals surface area contributed by atoms with E-state index in [0.29, 0.717) is 17.0 Å². The highest BCUT2D eigenvalue weighted by molar-refractivity contribution is 6.30. The Hall–Kier alpha value is -1.13. The lowest BCUT2D eigenvalue weighted by atomic mass is 10.0. The molecule has 0 saturated carbocycles. The minimum Gasteiger partial charge on any atom is -0.328 e. The van der Waals surface area contributed by atoms with E-state index in [2.05, 4.69) is 0 Å². The van der Waals surface area contributed by atoms with Gasteiger partial charge in [-0.25, -0.2) is 0 Å². The Morgan fingerprint density at radius 2 is 2.27 bits per heavy atom. The molecule has 1 aromatic carbocycles. The molecular formula is C10H13ClN2O2. The number of aryl methyl sites for hydroxylation is 1. The normalized spacial score (nSPS) is 12.5. The van der Waals surface area contributed by atoms with Crippen molar-refractivity contribution in [3.8, 4) is 0 Å². The molecular weight excluding hydrogens is 216 g/mol. The zero-order valence-corrected chi connectivity index (χ0v) is 9.20. The van der Waals surface area contributed by atoms with Crippen molar-refractivity contribution in [2.75, 3.05) is 0 Å². The molecule has 5 heteroatoms. The first-order chi connectivity index (χ1) is 7.00. The molecule has 0 aliphatic heterocycles. The number of benzene rings is 1. The number of nitro benzene ring substituents is 1. The van der Waals surface area contributed by atoms with Crippen LogP contribution in [-0.2, 0) is 6.42 Å². The minimum atomic E-state index is -0.414. The van der Waals surface area contributed by atoms with Gasteiger partial charge in [-0.15, -0.1) is 0 Å². The largest absolute Gasteiger partial charge is 0.328 e. The quantitative estimate of drug-likeness (QED) is 0.636. The van der Waals surface area contributed by atoms with Crippen LogP contribution >= 0.6 is 11.6 Å². The Labute approximate surface area is 93.2 Å². The van der Waals surface area contributed by atoms with Crippen molar-refractivity contribution >= 4 is 17.3 Å². The standard InChI is InChI=1S/C10H13ClN2O2/c1-7(12)2-3-8-4-5-9(11)6-10(8)13(14)15/h4-7H,2-3,12H2,1H3. The van der Waals surface area contributed by atoms with Gasteiger partial charge in [-0.3, -0.25) is 10.1 Å². The molecule has 0 spiro atoms. The van der Waals surface area contributed by atoms with Gasteiger partial charge in [-0.2, -0.15) is 0 Å². The van der Waals surface area contributed by atoms with Gasteiger partial charge in [0.1, 0.15) is 0 Å². The van der Waals surface area contributed by atoms with E-state index in [0.717, 1.165) is 6.42 Å². The SMILES string of the molecule is CC(N)CCc1ccc(Cl)cc1[N+](=O)[O-]. The summed E-state index contributed by atoms with van der Waals surface area (Å²) in [6.07, 6.45) is 1.33. The predicted octanol–water partition coefficient (Wildman–Crippen LogP) is 2.53. The van der Waals surface area contributed by atoms with Crippen LogP contribution in [-0.4, -0.2) is 11.0 Å². The van der Waals surface area contributed by atoms with Gasteiger partial charge in [0.05, 0.1) is 4.92 Å². The summed E-state index contributed by atoms with van der Waals surface area (Å²) in [6, 6.07) is 4.76. The van der Waals surface area contributed by atoms with Crippen LogP contribution in [0.2, 0.25) is 5.02 Å². The number of rotatable bonds is 4. The van der Waals surface area contributed by atoms with Gasteiger partial charge in [-0.1, -0.05) is 17.7 Å². The van der Waals surface area contributed by atoms with Crippen LogP contribution in [0.3, 0.4) is 0 Å². The van der Waals surface area contributed by atoms with Crippen molar-refractivity contribution < 1.29 is 4.92 Å². The number of halogens is 1.